The summed E-state index contributed by atoms with van der Waals surface area (Å²) >= 11 is 0. The topological polar surface area (TPSA) is 161 Å². The Morgan fingerprint density at radius 1 is 1.24 bits per heavy atom. The molecule has 4 rings (SSSR count). The van der Waals surface area contributed by atoms with Crippen LogP contribution in [0.25, 0.3) is 0 Å². The van der Waals surface area contributed by atoms with Gasteiger partial charge in [0.2, 0.25) is 5.78 Å². The van der Waals surface area contributed by atoms with Crippen molar-refractivity contribution in [2.45, 2.75) is 38.3 Å². The normalized spacial score (nSPS) is 28.2. The molecule has 0 fully saturated rings. The molecule has 4 atom stereocenters. The van der Waals surface area contributed by atoms with Crippen LogP contribution in [0.1, 0.15) is 40.4 Å². The van der Waals surface area contributed by atoms with Crippen molar-refractivity contribution in [3.05, 3.63) is 51.0 Å². The van der Waals surface area contributed by atoms with Gasteiger partial charge in [0.1, 0.15) is 22.8 Å². The number of fused-ring (bicyclic) bond motifs is 3. The van der Waals surface area contributed by atoms with Gasteiger partial charge in [-0.25, -0.2) is 0 Å². The lowest BCUT2D eigenvalue weighted by Crippen LogP contribution is -2.63. The van der Waals surface area contributed by atoms with Crippen LogP contribution in [0.15, 0.2) is 28.7 Å². The number of carbonyl (C=O) groups is 3. The third-order valence-corrected chi connectivity index (χ3v) is 7.21. The van der Waals surface area contributed by atoms with Crippen LogP contribution in [0.4, 0.5) is 0 Å². The lowest BCUT2D eigenvalue weighted by molar-refractivity contribution is -0.148. The number of amides is 1. The number of hydrogen-bond donors (Lipinski definition) is 5. The van der Waals surface area contributed by atoms with Crippen molar-refractivity contribution in [1.82, 2.24) is 4.90 Å². The number of rotatable bonds is 2. The maximum Gasteiger partial charge on any atom is 0.255 e. The average Bonchev–Trinajstić information content (AvgIpc) is 2.74. The number of nitrogens with two attached hydrogens (primary N) is 1. The first-order valence-corrected chi connectivity index (χ1v) is 10.8. The van der Waals surface area contributed by atoms with Gasteiger partial charge in [-0.3, -0.25) is 19.3 Å². The molecule has 1 aromatic rings. The summed E-state index contributed by atoms with van der Waals surface area (Å²) in [6.45, 7) is 3.38. The third kappa shape index (κ3) is 2.92. The lowest BCUT2D eigenvalue weighted by atomic mass is 9.58. The van der Waals surface area contributed by atoms with E-state index in [0.717, 1.165) is 5.56 Å². The van der Waals surface area contributed by atoms with Gasteiger partial charge in [-0.15, -0.1) is 5.92 Å². The van der Waals surface area contributed by atoms with Crippen molar-refractivity contribution < 1.29 is 34.8 Å². The molecule has 0 saturated heterocycles. The summed E-state index contributed by atoms with van der Waals surface area (Å²) in [5, 5.41) is 44.4. The summed E-state index contributed by atoms with van der Waals surface area (Å²) in [4.78, 5) is 40.4. The number of hydrogen-bond acceptors (Lipinski definition) is 8. The molecular weight excluding hydrogens is 440 g/mol. The first kappa shape index (κ1) is 23.5. The SMILES string of the molecule is CC#Cc1cc(C)c2c(c1O)C(=O)C1=C(O)[C@@]3(O)C(=O)C(C(N)=O)=C(O)[C@H](N(C)C)[C@H]3C[C@H]1C2. The van der Waals surface area contributed by atoms with Gasteiger partial charge in [-0.05, 0) is 63.9 Å². The highest BCUT2D eigenvalue weighted by Crippen LogP contribution is 2.52. The minimum Gasteiger partial charge on any atom is -0.510 e. The van der Waals surface area contributed by atoms with Crippen molar-refractivity contribution in [2.75, 3.05) is 14.1 Å². The fourth-order valence-electron chi connectivity index (χ4n) is 5.73. The number of aliphatic hydroxyl groups is 3. The molecule has 0 saturated carbocycles. The highest BCUT2D eigenvalue weighted by Gasteiger charge is 2.63. The molecule has 34 heavy (non-hydrogen) atoms. The predicted molar refractivity (Wildman–Crippen MR) is 121 cm³/mol. The number of allylic oxidation sites excluding steroid dienone is 1. The molecule has 0 spiro atoms. The second kappa shape index (κ2) is 7.72. The number of benzene rings is 1. The predicted octanol–water partition coefficient (Wildman–Crippen LogP) is 0.800. The van der Waals surface area contributed by atoms with Crippen molar-refractivity contribution in [2.24, 2.45) is 17.6 Å². The number of nitrogens with zero attached hydrogens (tertiary/aromatic N) is 1. The van der Waals surface area contributed by atoms with E-state index in [-0.39, 0.29) is 35.3 Å². The van der Waals surface area contributed by atoms with Crippen molar-refractivity contribution in [3.8, 4) is 17.6 Å². The number of carbonyl (C=O) groups excluding carboxylic acids is 3. The molecule has 1 aromatic carbocycles. The molecule has 178 valence electrons. The summed E-state index contributed by atoms with van der Waals surface area (Å²) in [6.07, 6.45) is 0.316. The Labute approximate surface area is 196 Å². The summed E-state index contributed by atoms with van der Waals surface area (Å²) in [7, 11) is 3.18. The minimum atomic E-state index is -2.64. The van der Waals surface area contributed by atoms with E-state index in [0.29, 0.717) is 5.56 Å². The van der Waals surface area contributed by atoms with Gasteiger partial charge in [-0.1, -0.05) is 5.92 Å². The van der Waals surface area contributed by atoms with Gasteiger partial charge in [-0.2, -0.15) is 0 Å². The Balaban J connectivity index is 1.99. The van der Waals surface area contributed by atoms with Gasteiger partial charge in [0.25, 0.3) is 5.91 Å². The Kier molecular flexibility index (Phi) is 5.35. The first-order valence-electron chi connectivity index (χ1n) is 10.8. The Hall–Kier alpha value is -3.61. The van der Waals surface area contributed by atoms with Crippen LogP contribution in [-0.2, 0) is 16.0 Å². The number of aromatic hydroxyl groups is 1. The zero-order valence-corrected chi connectivity index (χ0v) is 19.3. The van der Waals surface area contributed by atoms with Crippen LogP contribution in [0.5, 0.6) is 5.75 Å². The Morgan fingerprint density at radius 3 is 2.44 bits per heavy atom. The molecule has 9 nitrogen and oxygen atoms in total. The minimum absolute atomic E-state index is 0.0291. The second-order valence-electron chi connectivity index (χ2n) is 9.28. The molecule has 0 aromatic heterocycles. The van der Waals surface area contributed by atoms with E-state index in [9.17, 15) is 34.8 Å². The molecule has 0 bridgehead atoms. The van der Waals surface area contributed by atoms with Crippen LogP contribution < -0.4 is 5.73 Å². The number of phenolic OH excluding ortho intramolecular Hbond substituents is 1. The molecule has 0 radical (unpaired) electrons. The first-order chi connectivity index (χ1) is 15.9. The van der Waals surface area contributed by atoms with Crippen LogP contribution in [0, 0.1) is 30.6 Å². The molecule has 1 amide bonds. The fourth-order valence-corrected chi connectivity index (χ4v) is 5.73. The molecule has 3 aliphatic rings. The molecule has 0 unspecified atom stereocenters. The van der Waals surface area contributed by atoms with E-state index < -0.39 is 58.0 Å². The van der Waals surface area contributed by atoms with E-state index in [2.05, 4.69) is 11.8 Å². The molecule has 6 N–H and O–H groups in total. The van der Waals surface area contributed by atoms with Crippen molar-refractivity contribution in [1.29, 1.82) is 0 Å². The van der Waals surface area contributed by atoms with Gasteiger partial charge in [0, 0.05) is 11.5 Å². The van der Waals surface area contributed by atoms with E-state index in [1.165, 1.54) is 4.90 Å². The molecule has 0 aliphatic heterocycles. The molecular formula is C25H26N2O7. The largest absolute Gasteiger partial charge is 0.510 e. The van der Waals surface area contributed by atoms with E-state index in [4.69, 9.17) is 5.73 Å². The summed E-state index contributed by atoms with van der Waals surface area (Å²) in [5.41, 5.74) is 3.23. The zero-order valence-electron chi connectivity index (χ0n) is 19.3. The van der Waals surface area contributed by atoms with E-state index in [1.807, 2.05) is 0 Å². The number of phenols is 1. The average molecular weight is 466 g/mol. The van der Waals surface area contributed by atoms with Gasteiger partial charge < -0.3 is 26.2 Å². The fraction of sp³-hybridized carbons (Fsp3) is 0.400. The second-order valence-corrected chi connectivity index (χ2v) is 9.28. The highest BCUT2D eigenvalue weighted by atomic mass is 16.3. The van der Waals surface area contributed by atoms with Crippen molar-refractivity contribution >= 4 is 17.5 Å². The Bertz CT molecular complexity index is 1290. The molecule has 3 aliphatic carbocycles. The maximum atomic E-state index is 13.6. The smallest absolute Gasteiger partial charge is 0.255 e. The number of primary amides is 1. The van der Waals surface area contributed by atoms with E-state index in [1.54, 1.807) is 34.0 Å². The Morgan fingerprint density at radius 2 is 1.88 bits per heavy atom. The van der Waals surface area contributed by atoms with Gasteiger partial charge >= 0.3 is 0 Å². The monoisotopic (exact) mass is 466 g/mol. The number of aliphatic hydroxyl groups excluding tert-OH is 2. The third-order valence-electron chi connectivity index (χ3n) is 7.21. The number of ketones is 2. The summed E-state index contributed by atoms with van der Waals surface area (Å²) in [6, 6.07) is 0.675. The number of likely N-dealkylation sites (N-methyl/N-ethyl adjacent to an activating group) is 1. The lowest BCUT2D eigenvalue weighted by Gasteiger charge is -2.50. The summed E-state index contributed by atoms with van der Waals surface area (Å²) in [5.74, 6) is -1.23. The standard InChI is InChI=1S/C25H26N2O7/c1-5-6-11-7-10(2)13-8-12-9-14-18(27(3)4)21(30)17(24(26)33)23(32)25(14,34)22(31)15(12)20(29)16(13)19(11)28/h7,12,14,18,28,30-31,34H,8-9H2,1-4H3,(H2,26,33)/t12-,14-,18-,25-/m1/s1. The molecule has 9 heteroatoms. The number of Topliss-reactive ketones (excluding diaryl/α,β-unsaturated/α-hetero) is 2. The van der Waals surface area contributed by atoms with Crippen LogP contribution in [-0.4, -0.2) is 68.5 Å². The van der Waals surface area contributed by atoms with Crippen LogP contribution in [0.2, 0.25) is 0 Å². The van der Waals surface area contributed by atoms with Crippen molar-refractivity contribution in [3.63, 3.8) is 0 Å². The van der Waals surface area contributed by atoms with Crippen LogP contribution in [0.3, 0.4) is 0 Å². The highest BCUT2D eigenvalue weighted by molar-refractivity contribution is 6.24. The zero-order chi connectivity index (χ0) is 25.3. The van der Waals surface area contributed by atoms with Crippen LogP contribution >= 0.6 is 0 Å². The van der Waals surface area contributed by atoms with Gasteiger partial charge in [0.15, 0.2) is 11.4 Å². The summed E-state index contributed by atoms with van der Waals surface area (Å²) < 4.78 is 0. The van der Waals surface area contributed by atoms with Gasteiger partial charge in [0.05, 0.1) is 17.2 Å². The number of aryl methyl sites for hydroxylation is 1. The molecule has 0 heterocycles. The maximum absolute atomic E-state index is 13.6. The quantitative estimate of drug-likeness (QED) is 0.316. The van der Waals surface area contributed by atoms with E-state index >= 15 is 0 Å².